The number of hydrogen-bond acceptors (Lipinski definition) is 10. The molecule has 0 atom stereocenters. The van der Waals surface area contributed by atoms with Crippen LogP contribution in [0.2, 0.25) is 0 Å². The second kappa shape index (κ2) is 14.2. The van der Waals surface area contributed by atoms with Crippen LogP contribution in [0.5, 0.6) is 6.01 Å². The van der Waals surface area contributed by atoms with E-state index in [9.17, 15) is 14.9 Å². The molecule has 0 saturated heterocycles. The number of nitrogens with two attached hydrogens (primary N) is 1. The molecule has 0 fully saturated rings. The number of alkyl carbamates (subject to hydrolysis) is 1. The van der Waals surface area contributed by atoms with E-state index in [1.165, 1.54) is 12.3 Å². The summed E-state index contributed by atoms with van der Waals surface area (Å²) in [7, 11) is 0. The fraction of sp³-hybridized carbons (Fsp3) is 0.343. The van der Waals surface area contributed by atoms with Gasteiger partial charge in [0.05, 0.1) is 12.1 Å². The van der Waals surface area contributed by atoms with Crippen LogP contribution in [-0.2, 0) is 27.4 Å². The lowest BCUT2D eigenvalue weighted by Gasteiger charge is -2.43. The normalized spacial score (nSPS) is 14.0. The lowest BCUT2D eigenvalue weighted by Crippen LogP contribution is -2.47. The highest BCUT2D eigenvalue weighted by molar-refractivity contribution is 5.98. The molecule has 240 valence electrons. The summed E-state index contributed by atoms with van der Waals surface area (Å²) in [6.07, 6.45) is 4.71. The maximum absolute atomic E-state index is 12.5. The average molecular weight is 625 g/mol. The zero-order valence-corrected chi connectivity index (χ0v) is 27.1. The standard InChI is InChI=1S/C35H40N6O5/c1-23-19-35(5,6)41(29-12-11-26(18-28(23)29)17-27(20-36)31(42)46-34(2,3)4)15-16-44-33(43)39-21-24-7-9-25(10-8-24)22-45-32-38-14-13-30(37)40-32/h7-14,17-19H,15-16,21-22H2,1-6H3,(H,39,43)(H2,37,38,40)/b27-17+. The first kappa shape index (κ1) is 33.5. The molecule has 2 aromatic carbocycles. The van der Waals surface area contributed by atoms with Crippen LogP contribution in [0.3, 0.4) is 0 Å². The molecule has 1 amide bonds. The Morgan fingerprint density at radius 1 is 1.11 bits per heavy atom. The van der Waals surface area contributed by atoms with Gasteiger partial charge in [0.1, 0.15) is 36.3 Å². The first-order valence-electron chi connectivity index (χ1n) is 14.9. The topological polar surface area (TPSA) is 153 Å². The Bertz CT molecular complexity index is 1680. The molecule has 0 unspecified atom stereocenters. The van der Waals surface area contributed by atoms with E-state index in [1.807, 2.05) is 55.5 Å². The van der Waals surface area contributed by atoms with Crippen LogP contribution in [0.25, 0.3) is 11.6 Å². The average Bonchev–Trinajstić information content (AvgIpc) is 2.99. The summed E-state index contributed by atoms with van der Waals surface area (Å²) in [6.45, 7) is 12.7. The molecule has 0 radical (unpaired) electrons. The van der Waals surface area contributed by atoms with Gasteiger partial charge in [-0.1, -0.05) is 36.4 Å². The highest BCUT2D eigenvalue weighted by Gasteiger charge is 2.31. The van der Waals surface area contributed by atoms with Crippen molar-refractivity contribution in [1.82, 2.24) is 15.3 Å². The van der Waals surface area contributed by atoms with Crippen molar-refractivity contribution in [3.8, 4) is 12.1 Å². The van der Waals surface area contributed by atoms with Crippen LogP contribution < -0.4 is 20.7 Å². The quantitative estimate of drug-likeness (QED) is 0.160. The number of nitrogen functional groups attached to an aromatic ring is 1. The lowest BCUT2D eigenvalue weighted by molar-refractivity contribution is -0.149. The number of hydrogen-bond donors (Lipinski definition) is 2. The van der Waals surface area contributed by atoms with Crippen molar-refractivity contribution in [3.05, 3.63) is 88.6 Å². The molecule has 1 aliphatic rings. The fourth-order valence-electron chi connectivity index (χ4n) is 5.02. The van der Waals surface area contributed by atoms with Crippen molar-refractivity contribution >= 4 is 35.2 Å². The second-order valence-corrected chi connectivity index (χ2v) is 12.4. The molecular formula is C35H40N6O5. The van der Waals surface area contributed by atoms with Gasteiger partial charge in [0.25, 0.3) is 0 Å². The van der Waals surface area contributed by atoms with E-state index in [0.29, 0.717) is 24.5 Å². The molecule has 0 saturated carbocycles. The van der Waals surface area contributed by atoms with Crippen LogP contribution in [-0.4, -0.2) is 46.3 Å². The number of nitrogens with zero attached hydrogens (tertiary/aromatic N) is 4. The van der Waals surface area contributed by atoms with Gasteiger partial charge in [-0.05, 0) is 88.1 Å². The number of nitrogens with one attached hydrogen (secondary N) is 1. The number of nitriles is 1. The number of amides is 1. The smallest absolute Gasteiger partial charge is 0.407 e. The van der Waals surface area contributed by atoms with E-state index in [1.54, 1.807) is 26.8 Å². The summed E-state index contributed by atoms with van der Waals surface area (Å²) in [5.74, 6) is -0.323. The van der Waals surface area contributed by atoms with E-state index in [2.05, 4.69) is 40.1 Å². The number of rotatable bonds is 10. The molecule has 1 aliphatic heterocycles. The minimum Gasteiger partial charge on any atom is -0.459 e. The zero-order valence-electron chi connectivity index (χ0n) is 27.1. The van der Waals surface area contributed by atoms with Crippen molar-refractivity contribution in [3.63, 3.8) is 0 Å². The Morgan fingerprint density at radius 2 is 1.83 bits per heavy atom. The maximum atomic E-state index is 12.5. The molecule has 11 heteroatoms. The van der Waals surface area contributed by atoms with Crippen LogP contribution >= 0.6 is 0 Å². The molecule has 4 rings (SSSR count). The molecule has 0 bridgehead atoms. The Morgan fingerprint density at radius 3 is 2.50 bits per heavy atom. The molecule has 11 nitrogen and oxygen atoms in total. The Labute approximate surface area is 269 Å². The number of carbonyl (C=O) groups is 2. The minimum atomic E-state index is -0.704. The lowest BCUT2D eigenvalue weighted by atomic mass is 9.88. The zero-order chi connectivity index (χ0) is 33.5. The summed E-state index contributed by atoms with van der Waals surface area (Å²) < 4.78 is 16.5. The highest BCUT2D eigenvalue weighted by atomic mass is 16.6. The fourth-order valence-corrected chi connectivity index (χ4v) is 5.02. The molecule has 3 aromatic rings. The summed E-state index contributed by atoms with van der Waals surface area (Å²) in [5, 5.41) is 12.4. The van der Waals surface area contributed by atoms with Crippen molar-refractivity contribution in [2.45, 2.75) is 65.8 Å². The largest absolute Gasteiger partial charge is 0.459 e. The van der Waals surface area contributed by atoms with Crippen LogP contribution in [0, 0.1) is 11.3 Å². The van der Waals surface area contributed by atoms with Gasteiger partial charge in [-0.25, -0.2) is 14.6 Å². The maximum Gasteiger partial charge on any atom is 0.407 e. The van der Waals surface area contributed by atoms with Gasteiger partial charge in [-0.3, -0.25) is 0 Å². The predicted octanol–water partition coefficient (Wildman–Crippen LogP) is 5.81. The number of ether oxygens (including phenoxy) is 3. The van der Waals surface area contributed by atoms with Crippen molar-refractivity contribution in [1.29, 1.82) is 5.26 Å². The summed E-state index contributed by atoms with van der Waals surface area (Å²) in [4.78, 5) is 35.2. The van der Waals surface area contributed by atoms with Crippen molar-refractivity contribution in [2.75, 3.05) is 23.8 Å². The van der Waals surface area contributed by atoms with Gasteiger partial charge in [-0.2, -0.15) is 10.2 Å². The minimum absolute atomic E-state index is 0.0713. The van der Waals surface area contributed by atoms with Crippen LogP contribution in [0.4, 0.5) is 16.3 Å². The van der Waals surface area contributed by atoms with Gasteiger partial charge in [-0.15, -0.1) is 0 Å². The third-order valence-corrected chi connectivity index (χ3v) is 7.08. The van der Waals surface area contributed by atoms with Gasteiger partial charge >= 0.3 is 18.1 Å². The van der Waals surface area contributed by atoms with Gasteiger partial charge in [0, 0.05) is 24.0 Å². The van der Waals surface area contributed by atoms with Gasteiger partial charge in [0.2, 0.25) is 0 Å². The van der Waals surface area contributed by atoms with E-state index >= 15 is 0 Å². The van der Waals surface area contributed by atoms with E-state index in [0.717, 1.165) is 28.0 Å². The van der Waals surface area contributed by atoms with E-state index in [4.69, 9.17) is 19.9 Å². The van der Waals surface area contributed by atoms with Crippen molar-refractivity contribution < 1.29 is 23.8 Å². The van der Waals surface area contributed by atoms with Gasteiger partial charge in [0.15, 0.2) is 0 Å². The predicted molar refractivity (Wildman–Crippen MR) is 176 cm³/mol. The number of fused-ring (bicyclic) bond motifs is 1. The molecule has 3 N–H and O–H groups in total. The molecule has 2 heterocycles. The number of aromatic nitrogens is 2. The Hall–Kier alpha value is -5.37. The summed E-state index contributed by atoms with van der Waals surface area (Å²) >= 11 is 0. The highest BCUT2D eigenvalue weighted by Crippen LogP contribution is 2.39. The van der Waals surface area contributed by atoms with E-state index in [-0.39, 0.29) is 30.3 Å². The third-order valence-electron chi connectivity index (χ3n) is 7.08. The van der Waals surface area contributed by atoms with Crippen molar-refractivity contribution in [2.24, 2.45) is 0 Å². The number of benzene rings is 2. The molecular weight excluding hydrogens is 584 g/mol. The van der Waals surface area contributed by atoms with Gasteiger partial charge < -0.3 is 30.2 Å². The second-order valence-electron chi connectivity index (χ2n) is 12.4. The Balaban J connectivity index is 1.32. The summed E-state index contributed by atoms with van der Waals surface area (Å²) in [5.41, 5.74) is 10.1. The molecule has 1 aromatic heterocycles. The van der Waals surface area contributed by atoms with Crippen LogP contribution in [0.15, 0.2) is 66.4 Å². The molecule has 46 heavy (non-hydrogen) atoms. The number of allylic oxidation sites excluding steroid dienone is 1. The molecule has 0 aliphatic carbocycles. The number of carbonyl (C=O) groups excluding carboxylic acids is 2. The first-order chi connectivity index (χ1) is 21.7. The summed E-state index contributed by atoms with van der Waals surface area (Å²) in [6, 6.07) is 17.1. The Kier molecular flexibility index (Phi) is 10.3. The number of anilines is 2. The molecule has 0 spiro atoms. The van der Waals surface area contributed by atoms with Crippen LogP contribution in [0.1, 0.15) is 63.8 Å². The SMILES string of the molecule is CC1=CC(C)(C)N(CCOC(=O)NCc2ccc(COc3nccc(N)n3)cc2)c2ccc(/C=C(\C#N)C(=O)OC(C)(C)C)cc21. The monoisotopic (exact) mass is 624 g/mol. The number of esters is 1. The first-order valence-corrected chi connectivity index (χ1v) is 14.9. The van der Waals surface area contributed by atoms with E-state index < -0.39 is 17.7 Å². The third kappa shape index (κ3) is 9.08.